The molecule has 26 heavy (non-hydrogen) atoms. The van der Waals surface area contributed by atoms with Crippen molar-refractivity contribution in [3.63, 3.8) is 0 Å². The average Bonchev–Trinajstić information content (AvgIpc) is 2.67. The van der Waals surface area contributed by atoms with E-state index in [1.54, 1.807) is 0 Å². The minimum absolute atomic E-state index is 1.06. The highest BCUT2D eigenvalue weighted by atomic mass is 14.0. The Morgan fingerprint density at radius 1 is 0.654 bits per heavy atom. The van der Waals surface area contributed by atoms with Gasteiger partial charge in [-0.25, -0.2) is 0 Å². The normalized spacial score (nSPS) is 10.5. The van der Waals surface area contributed by atoms with Crippen LogP contribution in [-0.4, -0.2) is 0 Å². The lowest BCUT2D eigenvalue weighted by molar-refractivity contribution is 0.632. The summed E-state index contributed by atoms with van der Waals surface area (Å²) < 4.78 is 0. The molecule has 0 aliphatic rings. The van der Waals surface area contributed by atoms with Crippen LogP contribution in [0.2, 0.25) is 0 Å². The van der Waals surface area contributed by atoms with E-state index >= 15 is 0 Å². The van der Waals surface area contributed by atoms with Gasteiger partial charge in [-0.05, 0) is 60.4 Å². The van der Waals surface area contributed by atoms with E-state index in [4.69, 9.17) is 0 Å². The molecule has 0 saturated heterocycles. The van der Waals surface area contributed by atoms with Crippen LogP contribution in [0.5, 0.6) is 0 Å². The highest BCUT2D eigenvalue weighted by molar-refractivity contribution is 5.84. The van der Waals surface area contributed by atoms with E-state index in [-0.39, 0.29) is 0 Å². The first-order valence-electron chi connectivity index (χ1n) is 9.86. The Morgan fingerprint density at radius 3 is 2.12 bits per heavy atom. The second-order valence-corrected chi connectivity index (χ2v) is 7.18. The van der Waals surface area contributed by atoms with Crippen LogP contribution in [0.25, 0.3) is 10.8 Å². The molecule has 0 radical (unpaired) electrons. The fraction of sp³-hybridized carbons (Fsp3) is 0.308. The largest absolute Gasteiger partial charge is 0.0654 e. The molecule has 0 spiro atoms. The predicted molar refractivity (Wildman–Crippen MR) is 114 cm³/mol. The monoisotopic (exact) mass is 340 g/mol. The topological polar surface area (TPSA) is 0 Å². The third-order valence-corrected chi connectivity index (χ3v) is 4.88. The van der Waals surface area contributed by atoms with Crippen LogP contribution in [-0.2, 0) is 6.42 Å². The van der Waals surface area contributed by atoms with Crippen molar-refractivity contribution in [3.05, 3.63) is 82.9 Å². The Kier molecular flexibility index (Phi) is 6.50. The molecular weight excluding hydrogens is 312 g/mol. The van der Waals surface area contributed by atoms with Gasteiger partial charge in [0.25, 0.3) is 0 Å². The van der Waals surface area contributed by atoms with Gasteiger partial charge in [0.2, 0.25) is 0 Å². The van der Waals surface area contributed by atoms with Gasteiger partial charge in [-0.2, -0.15) is 0 Å². The van der Waals surface area contributed by atoms with E-state index in [9.17, 15) is 0 Å². The standard InChI is InChI=1S/C26H28/c1-3-4-5-6-7-8-23-15-17-26-20-24(16-18-25(26)19-23)14-13-22-11-9-21(2)10-12-22/h9-12,15-20H,3-8H2,1-2H3. The van der Waals surface area contributed by atoms with Gasteiger partial charge < -0.3 is 0 Å². The van der Waals surface area contributed by atoms with Crippen molar-refractivity contribution in [3.8, 4) is 11.8 Å². The number of hydrogen-bond donors (Lipinski definition) is 0. The lowest BCUT2D eigenvalue weighted by Gasteiger charge is -2.05. The number of benzene rings is 3. The van der Waals surface area contributed by atoms with Crippen LogP contribution in [0.1, 0.15) is 61.3 Å². The van der Waals surface area contributed by atoms with Gasteiger partial charge in [0.1, 0.15) is 0 Å². The molecule has 0 nitrogen and oxygen atoms in total. The maximum Gasteiger partial charge on any atom is 0.0255 e. The molecule has 0 unspecified atom stereocenters. The zero-order valence-corrected chi connectivity index (χ0v) is 16.0. The fourth-order valence-corrected chi connectivity index (χ4v) is 3.24. The maximum absolute atomic E-state index is 3.29. The second-order valence-electron chi connectivity index (χ2n) is 7.18. The Labute approximate surface area is 158 Å². The van der Waals surface area contributed by atoms with Crippen LogP contribution in [0.3, 0.4) is 0 Å². The molecule has 0 fully saturated rings. The highest BCUT2D eigenvalue weighted by Crippen LogP contribution is 2.19. The summed E-state index contributed by atoms with van der Waals surface area (Å²) >= 11 is 0. The first kappa shape index (κ1) is 18.3. The predicted octanol–water partition coefficient (Wildman–Crippen LogP) is 7.06. The van der Waals surface area contributed by atoms with Crippen molar-refractivity contribution in [1.29, 1.82) is 0 Å². The third-order valence-electron chi connectivity index (χ3n) is 4.88. The second kappa shape index (κ2) is 9.25. The molecule has 0 aromatic heterocycles. The lowest BCUT2D eigenvalue weighted by atomic mass is 10.0. The molecule has 132 valence electrons. The van der Waals surface area contributed by atoms with Gasteiger partial charge in [-0.1, -0.05) is 86.4 Å². The molecule has 0 atom stereocenters. The summed E-state index contributed by atoms with van der Waals surface area (Å²) in [5.74, 6) is 6.55. The van der Waals surface area contributed by atoms with Crippen molar-refractivity contribution in [2.45, 2.75) is 52.4 Å². The molecule has 0 aliphatic carbocycles. The van der Waals surface area contributed by atoms with Gasteiger partial charge >= 0.3 is 0 Å². The van der Waals surface area contributed by atoms with Crippen molar-refractivity contribution in [2.75, 3.05) is 0 Å². The summed E-state index contributed by atoms with van der Waals surface area (Å²) in [4.78, 5) is 0. The van der Waals surface area contributed by atoms with Crippen molar-refractivity contribution in [1.82, 2.24) is 0 Å². The summed E-state index contributed by atoms with van der Waals surface area (Å²) in [6.45, 7) is 4.36. The molecular formula is C26H28. The Hall–Kier alpha value is -2.52. The zero-order chi connectivity index (χ0) is 18.2. The molecule has 3 aromatic carbocycles. The van der Waals surface area contributed by atoms with Gasteiger partial charge in [0, 0.05) is 11.1 Å². The van der Waals surface area contributed by atoms with Crippen LogP contribution in [0.4, 0.5) is 0 Å². The Morgan fingerprint density at radius 2 is 1.31 bits per heavy atom. The van der Waals surface area contributed by atoms with Crippen LogP contribution in [0.15, 0.2) is 60.7 Å². The Bertz CT molecular complexity index is 904. The molecule has 0 N–H and O–H groups in total. The maximum atomic E-state index is 3.29. The summed E-state index contributed by atoms with van der Waals surface area (Å²) in [6.07, 6.45) is 7.88. The fourth-order valence-electron chi connectivity index (χ4n) is 3.24. The van der Waals surface area contributed by atoms with E-state index in [2.05, 4.69) is 86.4 Å². The number of fused-ring (bicyclic) bond motifs is 1. The summed E-state index contributed by atoms with van der Waals surface area (Å²) in [6, 6.07) is 21.8. The number of hydrogen-bond acceptors (Lipinski definition) is 0. The molecule has 0 amide bonds. The summed E-state index contributed by atoms with van der Waals surface area (Å²) in [5.41, 5.74) is 4.86. The molecule has 0 heteroatoms. The molecule has 3 rings (SSSR count). The molecule has 0 aliphatic heterocycles. The smallest absolute Gasteiger partial charge is 0.0255 e. The van der Waals surface area contributed by atoms with E-state index in [1.165, 1.54) is 60.4 Å². The lowest BCUT2D eigenvalue weighted by Crippen LogP contribution is -1.87. The minimum atomic E-state index is 1.06. The van der Waals surface area contributed by atoms with E-state index in [0.29, 0.717) is 0 Å². The summed E-state index contributed by atoms with van der Waals surface area (Å²) in [7, 11) is 0. The zero-order valence-electron chi connectivity index (χ0n) is 16.0. The molecule has 0 bridgehead atoms. The summed E-state index contributed by atoms with van der Waals surface area (Å²) in [5, 5.41) is 2.59. The highest BCUT2D eigenvalue weighted by Gasteiger charge is 1.99. The van der Waals surface area contributed by atoms with Crippen molar-refractivity contribution < 1.29 is 0 Å². The average molecular weight is 341 g/mol. The Balaban J connectivity index is 1.68. The number of unbranched alkanes of at least 4 members (excludes halogenated alkanes) is 4. The van der Waals surface area contributed by atoms with Crippen LogP contribution < -0.4 is 0 Å². The van der Waals surface area contributed by atoms with Gasteiger partial charge in [0.15, 0.2) is 0 Å². The minimum Gasteiger partial charge on any atom is -0.0654 e. The van der Waals surface area contributed by atoms with Gasteiger partial charge in [-0.3, -0.25) is 0 Å². The molecule has 3 aromatic rings. The quantitative estimate of drug-likeness (QED) is 0.333. The van der Waals surface area contributed by atoms with E-state index in [0.717, 1.165) is 11.1 Å². The number of rotatable bonds is 6. The van der Waals surface area contributed by atoms with Crippen molar-refractivity contribution in [2.24, 2.45) is 0 Å². The first-order chi connectivity index (χ1) is 12.7. The van der Waals surface area contributed by atoms with Crippen LogP contribution >= 0.6 is 0 Å². The first-order valence-corrected chi connectivity index (χ1v) is 9.86. The third kappa shape index (κ3) is 5.24. The molecule has 0 saturated carbocycles. The van der Waals surface area contributed by atoms with E-state index < -0.39 is 0 Å². The molecule has 0 heterocycles. The van der Waals surface area contributed by atoms with Gasteiger partial charge in [0.05, 0.1) is 0 Å². The SMILES string of the molecule is CCCCCCCc1ccc2cc(C#Cc3ccc(C)cc3)ccc2c1. The van der Waals surface area contributed by atoms with Crippen molar-refractivity contribution >= 4 is 10.8 Å². The van der Waals surface area contributed by atoms with E-state index in [1.807, 2.05) is 0 Å². The van der Waals surface area contributed by atoms with Crippen LogP contribution in [0, 0.1) is 18.8 Å². The van der Waals surface area contributed by atoms with Gasteiger partial charge in [-0.15, -0.1) is 0 Å². The number of aryl methyl sites for hydroxylation is 2.